The van der Waals surface area contributed by atoms with E-state index in [2.05, 4.69) is 6.58 Å². The van der Waals surface area contributed by atoms with Crippen molar-refractivity contribution < 1.29 is 9.53 Å². The van der Waals surface area contributed by atoms with E-state index < -0.39 is 0 Å². The van der Waals surface area contributed by atoms with Crippen molar-refractivity contribution in [2.45, 2.75) is 44.9 Å². The molecule has 2 rings (SSSR count). The van der Waals surface area contributed by atoms with Crippen molar-refractivity contribution in [2.75, 3.05) is 6.61 Å². The molecule has 2 aliphatic rings. The number of rotatable bonds is 3. The third-order valence-corrected chi connectivity index (χ3v) is 4.22. The Hall–Kier alpha value is -0.790. The Kier molecular flexibility index (Phi) is 4.03. The standard InChI is InChI=1S/C14H22O2/c1-2-10-16-14(15)13-9-5-7-11-6-3-4-8-12(11)13/h2,11-13H,1,3-10H2. The van der Waals surface area contributed by atoms with Crippen LogP contribution in [-0.4, -0.2) is 12.6 Å². The van der Waals surface area contributed by atoms with Gasteiger partial charge in [-0.1, -0.05) is 44.8 Å². The molecule has 0 radical (unpaired) electrons. The van der Waals surface area contributed by atoms with Crippen LogP contribution in [0.4, 0.5) is 0 Å². The van der Waals surface area contributed by atoms with E-state index in [1.807, 2.05) is 0 Å². The van der Waals surface area contributed by atoms with Gasteiger partial charge in [0.2, 0.25) is 0 Å². The van der Waals surface area contributed by atoms with Gasteiger partial charge in [-0.3, -0.25) is 4.79 Å². The molecule has 2 heteroatoms. The van der Waals surface area contributed by atoms with Gasteiger partial charge in [0, 0.05) is 0 Å². The quantitative estimate of drug-likeness (QED) is 0.541. The molecule has 0 bridgehead atoms. The number of esters is 1. The number of fused-ring (bicyclic) bond motifs is 1. The lowest BCUT2D eigenvalue weighted by Gasteiger charge is -2.40. The van der Waals surface area contributed by atoms with Crippen LogP contribution in [0.2, 0.25) is 0 Å². The van der Waals surface area contributed by atoms with E-state index >= 15 is 0 Å². The Morgan fingerprint density at radius 3 is 2.75 bits per heavy atom. The van der Waals surface area contributed by atoms with Crippen molar-refractivity contribution in [1.82, 2.24) is 0 Å². The minimum atomic E-state index is 0.0245. The summed E-state index contributed by atoms with van der Waals surface area (Å²) >= 11 is 0. The summed E-state index contributed by atoms with van der Waals surface area (Å²) < 4.78 is 5.22. The average molecular weight is 222 g/mol. The van der Waals surface area contributed by atoms with Crippen LogP contribution in [0, 0.1) is 17.8 Å². The van der Waals surface area contributed by atoms with Crippen molar-refractivity contribution >= 4 is 5.97 Å². The van der Waals surface area contributed by atoms with Gasteiger partial charge in [0.05, 0.1) is 5.92 Å². The van der Waals surface area contributed by atoms with Crippen LogP contribution in [0.25, 0.3) is 0 Å². The minimum absolute atomic E-state index is 0.0245. The van der Waals surface area contributed by atoms with E-state index in [1.54, 1.807) is 6.08 Å². The van der Waals surface area contributed by atoms with Crippen LogP contribution in [0.1, 0.15) is 44.9 Å². The lowest BCUT2D eigenvalue weighted by atomic mass is 9.65. The predicted molar refractivity (Wildman–Crippen MR) is 63.9 cm³/mol. The molecule has 2 nitrogen and oxygen atoms in total. The van der Waals surface area contributed by atoms with Crippen LogP contribution in [-0.2, 0) is 9.53 Å². The number of ether oxygens (including phenoxy) is 1. The normalized spacial score (nSPS) is 33.9. The molecule has 0 aromatic heterocycles. The third-order valence-electron chi connectivity index (χ3n) is 4.22. The molecular formula is C14H22O2. The summed E-state index contributed by atoms with van der Waals surface area (Å²) in [5.41, 5.74) is 0. The third kappa shape index (κ3) is 2.47. The highest BCUT2D eigenvalue weighted by Gasteiger charge is 2.39. The Labute approximate surface area is 98.1 Å². The summed E-state index contributed by atoms with van der Waals surface area (Å²) in [6, 6.07) is 0. The number of hydrogen-bond donors (Lipinski definition) is 0. The van der Waals surface area contributed by atoms with Gasteiger partial charge >= 0.3 is 5.97 Å². The highest BCUT2D eigenvalue weighted by Crippen LogP contribution is 2.44. The molecule has 2 saturated carbocycles. The highest BCUT2D eigenvalue weighted by molar-refractivity contribution is 5.73. The van der Waals surface area contributed by atoms with Crippen LogP contribution in [0.3, 0.4) is 0 Å². The Morgan fingerprint density at radius 1 is 1.19 bits per heavy atom. The van der Waals surface area contributed by atoms with E-state index in [1.165, 1.54) is 38.5 Å². The van der Waals surface area contributed by atoms with Crippen molar-refractivity contribution in [1.29, 1.82) is 0 Å². The Bertz CT molecular complexity index is 257. The monoisotopic (exact) mass is 222 g/mol. The summed E-state index contributed by atoms with van der Waals surface area (Å²) in [5, 5.41) is 0. The highest BCUT2D eigenvalue weighted by atomic mass is 16.5. The first-order chi connectivity index (χ1) is 7.83. The van der Waals surface area contributed by atoms with Gasteiger partial charge in [-0.15, -0.1) is 0 Å². The molecule has 0 amide bonds. The lowest BCUT2D eigenvalue weighted by Crippen LogP contribution is -2.36. The van der Waals surface area contributed by atoms with Crippen LogP contribution in [0.15, 0.2) is 12.7 Å². The van der Waals surface area contributed by atoms with Gasteiger partial charge in [0.25, 0.3) is 0 Å². The molecule has 0 heterocycles. The fourth-order valence-electron chi connectivity index (χ4n) is 3.48. The van der Waals surface area contributed by atoms with Crippen molar-refractivity contribution in [3.05, 3.63) is 12.7 Å². The van der Waals surface area contributed by atoms with Gasteiger partial charge in [0.1, 0.15) is 6.61 Å². The molecule has 2 aliphatic carbocycles. The fourth-order valence-corrected chi connectivity index (χ4v) is 3.48. The van der Waals surface area contributed by atoms with Crippen molar-refractivity contribution in [3.63, 3.8) is 0 Å². The van der Waals surface area contributed by atoms with Gasteiger partial charge in [-0.2, -0.15) is 0 Å². The molecule has 3 unspecified atom stereocenters. The average Bonchev–Trinajstić information content (AvgIpc) is 2.35. The molecule has 0 aliphatic heterocycles. The SMILES string of the molecule is C=CCOC(=O)C1CCCC2CCCCC21. The van der Waals surface area contributed by atoms with E-state index in [0.717, 1.165) is 12.3 Å². The molecule has 0 aromatic carbocycles. The molecule has 0 spiro atoms. The molecule has 90 valence electrons. The molecule has 0 N–H and O–H groups in total. The van der Waals surface area contributed by atoms with Crippen LogP contribution in [0.5, 0.6) is 0 Å². The minimum Gasteiger partial charge on any atom is -0.461 e. The number of carbonyl (C=O) groups excluding carboxylic acids is 1. The van der Waals surface area contributed by atoms with E-state index in [4.69, 9.17) is 4.74 Å². The van der Waals surface area contributed by atoms with Crippen LogP contribution >= 0.6 is 0 Å². The first kappa shape index (κ1) is 11.7. The molecular weight excluding hydrogens is 200 g/mol. The Morgan fingerprint density at radius 2 is 1.94 bits per heavy atom. The smallest absolute Gasteiger partial charge is 0.309 e. The summed E-state index contributed by atoms with van der Waals surface area (Å²) in [7, 11) is 0. The van der Waals surface area contributed by atoms with Gasteiger partial charge in [0.15, 0.2) is 0 Å². The zero-order valence-corrected chi connectivity index (χ0v) is 9.99. The van der Waals surface area contributed by atoms with Crippen molar-refractivity contribution in [2.24, 2.45) is 17.8 Å². The van der Waals surface area contributed by atoms with Crippen molar-refractivity contribution in [3.8, 4) is 0 Å². The number of carbonyl (C=O) groups is 1. The second-order valence-corrected chi connectivity index (χ2v) is 5.16. The lowest BCUT2D eigenvalue weighted by molar-refractivity contribution is -0.152. The fraction of sp³-hybridized carbons (Fsp3) is 0.786. The largest absolute Gasteiger partial charge is 0.461 e. The summed E-state index contributed by atoms with van der Waals surface area (Å²) in [6.45, 7) is 3.95. The summed E-state index contributed by atoms with van der Waals surface area (Å²) in [4.78, 5) is 11.9. The predicted octanol–water partition coefficient (Wildman–Crippen LogP) is 3.32. The second kappa shape index (κ2) is 5.51. The maximum Gasteiger partial charge on any atom is 0.309 e. The first-order valence-corrected chi connectivity index (χ1v) is 6.60. The first-order valence-electron chi connectivity index (χ1n) is 6.60. The van der Waals surface area contributed by atoms with E-state index in [0.29, 0.717) is 12.5 Å². The zero-order chi connectivity index (χ0) is 11.4. The second-order valence-electron chi connectivity index (χ2n) is 5.16. The van der Waals surface area contributed by atoms with Gasteiger partial charge < -0.3 is 4.74 Å². The van der Waals surface area contributed by atoms with Gasteiger partial charge in [-0.25, -0.2) is 0 Å². The molecule has 0 saturated heterocycles. The maximum atomic E-state index is 11.9. The van der Waals surface area contributed by atoms with Crippen LogP contribution < -0.4 is 0 Å². The molecule has 0 aromatic rings. The molecule has 3 atom stereocenters. The Balaban J connectivity index is 1.96. The summed E-state index contributed by atoms with van der Waals surface area (Å²) in [5.74, 6) is 1.61. The molecule has 2 fully saturated rings. The zero-order valence-electron chi connectivity index (χ0n) is 9.99. The van der Waals surface area contributed by atoms with E-state index in [-0.39, 0.29) is 11.9 Å². The topological polar surface area (TPSA) is 26.3 Å². The van der Waals surface area contributed by atoms with E-state index in [9.17, 15) is 4.79 Å². The number of hydrogen-bond acceptors (Lipinski definition) is 2. The maximum absolute atomic E-state index is 11.9. The molecule has 16 heavy (non-hydrogen) atoms. The summed E-state index contributed by atoms with van der Waals surface area (Å²) in [6.07, 6.45) is 10.4. The van der Waals surface area contributed by atoms with Gasteiger partial charge in [-0.05, 0) is 24.7 Å².